The Hall–Kier alpha value is -3.89. The molecule has 11 heteroatoms. The van der Waals surface area contributed by atoms with Crippen molar-refractivity contribution in [2.24, 2.45) is 0 Å². The summed E-state index contributed by atoms with van der Waals surface area (Å²) in [6.45, 7) is 4.10. The van der Waals surface area contributed by atoms with Gasteiger partial charge in [0.05, 0.1) is 10.9 Å². The van der Waals surface area contributed by atoms with Crippen LogP contribution in [0.5, 0.6) is 0 Å². The summed E-state index contributed by atoms with van der Waals surface area (Å²) in [5, 5.41) is 3.58. The number of aryl methyl sites for hydroxylation is 1. The van der Waals surface area contributed by atoms with Gasteiger partial charge in [-0.3, -0.25) is 9.59 Å². The zero-order valence-corrected chi connectivity index (χ0v) is 18.6. The van der Waals surface area contributed by atoms with Crippen molar-refractivity contribution in [1.82, 2.24) is 19.9 Å². The molecule has 1 aliphatic heterocycles. The number of alkyl halides is 3. The molecule has 34 heavy (non-hydrogen) atoms. The molecule has 1 aliphatic rings. The minimum Gasteiger partial charge on any atom is -0.399 e. The monoisotopic (exact) mass is 472 g/mol. The predicted octanol–water partition coefficient (Wildman–Crippen LogP) is 3.48. The number of benzene rings is 1. The highest BCUT2D eigenvalue weighted by Crippen LogP contribution is 2.32. The Labute approximate surface area is 192 Å². The summed E-state index contributed by atoms with van der Waals surface area (Å²) in [7, 11) is 0. The van der Waals surface area contributed by atoms with Gasteiger partial charge in [0.2, 0.25) is 5.91 Å². The number of nitrogen functional groups attached to an aromatic ring is 1. The first-order chi connectivity index (χ1) is 16.0. The van der Waals surface area contributed by atoms with Crippen LogP contribution in [0.25, 0.3) is 16.6 Å². The van der Waals surface area contributed by atoms with Crippen LogP contribution in [0.3, 0.4) is 0 Å². The molecule has 178 valence electrons. The number of nitrogens with two attached hydrogens (primary N) is 1. The second-order valence-corrected chi connectivity index (χ2v) is 8.15. The summed E-state index contributed by atoms with van der Waals surface area (Å²) in [4.78, 5) is 37.4. The first-order valence-corrected chi connectivity index (χ1v) is 10.6. The van der Waals surface area contributed by atoms with E-state index in [9.17, 15) is 22.8 Å². The number of aromatic amines is 1. The predicted molar refractivity (Wildman–Crippen MR) is 123 cm³/mol. The molecule has 3 heterocycles. The molecule has 0 bridgehead atoms. The molecular weight excluding hydrogens is 449 g/mol. The smallest absolute Gasteiger partial charge is 0.399 e. The molecule has 3 aromatic rings. The minimum atomic E-state index is -4.51. The van der Waals surface area contributed by atoms with Gasteiger partial charge in [0.25, 0.3) is 5.56 Å². The molecule has 1 aromatic carbocycles. The van der Waals surface area contributed by atoms with Gasteiger partial charge in [0.15, 0.2) is 0 Å². The number of nitrogens with one attached hydrogen (secondary N) is 2. The lowest BCUT2D eigenvalue weighted by molar-refractivity contribution is -0.137. The van der Waals surface area contributed by atoms with Crippen LogP contribution in [0.15, 0.2) is 35.1 Å². The molecule has 0 unspecified atom stereocenters. The Kier molecular flexibility index (Phi) is 6.03. The number of hydrogen-bond donors (Lipinski definition) is 3. The van der Waals surface area contributed by atoms with Crippen molar-refractivity contribution in [1.29, 1.82) is 0 Å². The summed E-state index contributed by atoms with van der Waals surface area (Å²) < 4.78 is 39.4. The van der Waals surface area contributed by atoms with Gasteiger partial charge in [0.1, 0.15) is 17.3 Å². The van der Waals surface area contributed by atoms with E-state index in [1.807, 2.05) is 6.08 Å². The van der Waals surface area contributed by atoms with Crippen molar-refractivity contribution in [3.05, 3.63) is 63.2 Å². The number of amides is 1. The zero-order chi connectivity index (χ0) is 24.6. The summed E-state index contributed by atoms with van der Waals surface area (Å²) in [6, 6.07) is 5.04. The number of pyridine rings is 1. The van der Waals surface area contributed by atoms with Gasteiger partial charge in [-0.1, -0.05) is 6.08 Å². The Balaban J connectivity index is 1.69. The Morgan fingerprint density at radius 3 is 2.65 bits per heavy atom. The first-order valence-electron chi connectivity index (χ1n) is 10.6. The van der Waals surface area contributed by atoms with E-state index < -0.39 is 11.7 Å². The van der Waals surface area contributed by atoms with Gasteiger partial charge in [-0.15, -0.1) is 0 Å². The number of fused-ring (bicyclic) bond motifs is 1. The van der Waals surface area contributed by atoms with E-state index in [2.05, 4.69) is 20.3 Å². The summed E-state index contributed by atoms with van der Waals surface area (Å²) in [5.74, 6) is 0.724. The van der Waals surface area contributed by atoms with Crippen molar-refractivity contribution >= 4 is 34.0 Å². The maximum absolute atomic E-state index is 13.1. The van der Waals surface area contributed by atoms with Gasteiger partial charge in [0, 0.05) is 37.8 Å². The molecule has 2 aromatic heterocycles. The number of nitrogens with zero attached hydrogens (tertiary/aromatic N) is 3. The van der Waals surface area contributed by atoms with Crippen LogP contribution >= 0.6 is 0 Å². The zero-order valence-electron chi connectivity index (χ0n) is 18.6. The Bertz CT molecular complexity index is 1360. The summed E-state index contributed by atoms with van der Waals surface area (Å²) in [5.41, 5.74) is 6.41. The molecule has 0 spiro atoms. The van der Waals surface area contributed by atoms with E-state index in [-0.39, 0.29) is 23.7 Å². The van der Waals surface area contributed by atoms with Crippen LogP contribution in [0, 0.1) is 6.92 Å². The number of rotatable bonds is 4. The molecule has 4 N–H and O–H groups in total. The SMILES string of the molecule is CC(=O)N1CC=C(c2cc3c(NCc4cc(N)cc(C(F)(F)F)c4)nc(C)nc3[nH]c2=O)CC1. The normalized spacial score (nSPS) is 14.3. The lowest BCUT2D eigenvalue weighted by atomic mass is 10.00. The molecular formula is C23H23F3N6O2. The van der Waals surface area contributed by atoms with E-state index >= 15 is 0 Å². The lowest BCUT2D eigenvalue weighted by Crippen LogP contribution is -2.33. The average Bonchev–Trinajstić information content (AvgIpc) is 2.76. The molecule has 1 amide bonds. The molecule has 0 saturated heterocycles. The Morgan fingerprint density at radius 2 is 2.00 bits per heavy atom. The van der Waals surface area contributed by atoms with Crippen LogP contribution in [0.4, 0.5) is 24.7 Å². The highest BCUT2D eigenvalue weighted by atomic mass is 19.4. The van der Waals surface area contributed by atoms with Crippen molar-refractivity contribution in [3.8, 4) is 0 Å². The minimum absolute atomic E-state index is 0.00538. The second kappa shape index (κ2) is 8.81. The third-order valence-electron chi connectivity index (χ3n) is 5.63. The quantitative estimate of drug-likeness (QED) is 0.501. The van der Waals surface area contributed by atoms with E-state index in [1.165, 1.54) is 13.0 Å². The number of aromatic nitrogens is 3. The van der Waals surface area contributed by atoms with Crippen LogP contribution in [0.1, 0.15) is 35.9 Å². The van der Waals surface area contributed by atoms with Gasteiger partial charge in [-0.2, -0.15) is 13.2 Å². The number of anilines is 2. The molecule has 0 saturated carbocycles. The highest BCUT2D eigenvalue weighted by Gasteiger charge is 2.31. The number of carbonyl (C=O) groups is 1. The topological polar surface area (TPSA) is 117 Å². The van der Waals surface area contributed by atoms with Crippen molar-refractivity contribution in [2.75, 3.05) is 24.1 Å². The fourth-order valence-corrected chi connectivity index (χ4v) is 3.94. The number of halogens is 3. The van der Waals surface area contributed by atoms with E-state index in [1.54, 1.807) is 17.9 Å². The van der Waals surface area contributed by atoms with Crippen molar-refractivity contribution in [3.63, 3.8) is 0 Å². The molecule has 0 radical (unpaired) electrons. The van der Waals surface area contributed by atoms with Gasteiger partial charge < -0.3 is 20.9 Å². The molecule has 8 nitrogen and oxygen atoms in total. The molecule has 0 aliphatic carbocycles. The number of H-pyrrole nitrogens is 1. The molecule has 4 rings (SSSR count). The third kappa shape index (κ3) is 4.87. The van der Waals surface area contributed by atoms with Crippen LogP contribution in [0.2, 0.25) is 0 Å². The standard InChI is InChI=1S/C23H23F3N6O2/c1-12-29-20(28-11-14-7-16(23(24,25)26)9-17(27)8-14)19-10-18(22(34)31-21(19)30-12)15-3-5-32(6-4-15)13(2)33/h3,7-10H,4-6,11,27H2,1-2H3,(H2,28,29,30,31,34). The number of hydrogen-bond acceptors (Lipinski definition) is 6. The Morgan fingerprint density at radius 1 is 1.24 bits per heavy atom. The van der Waals surface area contributed by atoms with Gasteiger partial charge in [-0.05, 0) is 48.7 Å². The second-order valence-electron chi connectivity index (χ2n) is 8.15. The maximum Gasteiger partial charge on any atom is 0.416 e. The van der Waals surface area contributed by atoms with E-state index in [0.29, 0.717) is 53.3 Å². The third-order valence-corrected chi connectivity index (χ3v) is 5.63. The van der Waals surface area contributed by atoms with Crippen molar-refractivity contribution in [2.45, 2.75) is 33.0 Å². The van der Waals surface area contributed by atoms with Gasteiger partial charge >= 0.3 is 6.18 Å². The fraction of sp³-hybridized carbons (Fsp3) is 0.304. The summed E-state index contributed by atoms with van der Waals surface area (Å²) >= 11 is 0. The average molecular weight is 472 g/mol. The fourth-order valence-electron chi connectivity index (χ4n) is 3.94. The van der Waals surface area contributed by atoms with Crippen LogP contribution in [-0.4, -0.2) is 38.8 Å². The maximum atomic E-state index is 13.1. The van der Waals surface area contributed by atoms with Gasteiger partial charge in [-0.25, -0.2) is 9.97 Å². The summed E-state index contributed by atoms with van der Waals surface area (Å²) in [6.07, 6.45) is -2.15. The van der Waals surface area contributed by atoms with E-state index in [0.717, 1.165) is 17.7 Å². The molecule has 0 atom stereocenters. The largest absolute Gasteiger partial charge is 0.416 e. The highest BCUT2D eigenvalue weighted by molar-refractivity contribution is 5.89. The lowest BCUT2D eigenvalue weighted by Gasteiger charge is -2.25. The molecule has 0 fully saturated rings. The van der Waals surface area contributed by atoms with Crippen molar-refractivity contribution < 1.29 is 18.0 Å². The first kappa shape index (κ1) is 23.3. The van der Waals surface area contributed by atoms with Crippen LogP contribution < -0.4 is 16.6 Å². The van der Waals surface area contributed by atoms with Crippen LogP contribution in [-0.2, 0) is 17.5 Å². The number of carbonyl (C=O) groups excluding carboxylic acids is 1. The van der Waals surface area contributed by atoms with E-state index in [4.69, 9.17) is 5.73 Å².